The maximum absolute atomic E-state index is 14.3. The fourth-order valence-corrected chi connectivity index (χ4v) is 2.78. The molecule has 2 rings (SSSR count). The number of alkyl halides is 1. The largest absolute Gasteiger partial charge is 0.383 e. The van der Waals surface area contributed by atoms with Crippen molar-refractivity contribution in [1.29, 1.82) is 0 Å². The number of methoxy groups -OCH3 is 1. The first-order valence-electron chi connectivity index (χ1n) is 6.77. The fourth-order valence-electron chi connectivity index (χ4n) is 2.43. The minimum atomic E-state index is -0.138. The summed E-state index contributed by atoms with van der Waals surface area (Å²) < 4.78 is 19.4. The number of anilines is 1. The molecule has 1 aromatic carbocycles. The van der Waals surface area contributed by atoms with E-state index in [2.05, 4.69) is 27.8 Å². The summed E-state index contributed by atoms with van der Waals surface area (Å²) in [6.45, 7) is 3.54. The lowest BCUT2D eigenvalue weighted by atomic mass is 10.1. The Morgan fingerprint density at radius 2 is 2.21 bits per heavy atom. The maximum Gasteiger partial charge on any atom is 0.146 e. The van der Waals surface area contributed by atoms with Gasteiger partial charge >= 0.3 is 0 Å². The average molecular weight is 330 g/mol. The first kappa shape index (κ1) is 14.8. The zero-order valence-electron chi connectivity index (χ0n) is 11.5. The van der Waals surface area contributed by atoms with Crippen molar-refractivity contribution in [2.24, 2.45) is 5.92 Å². The molecule has 1 aromatic rings. The Bertz CT molecular complexity index is 423. The van der Waals surface area contributed by atoms with Gasteiger partial charge in [-0.15, -0.1) is 0 Å². The molecule has 106 valence electrons. The first-order valence-corrected chi connectivity index (χ1v) is 7.89. The van der Waals surface area contributed by atoms with Gasteiger partial charge in [-0.05, 0) is 43.4 Å². The van der Waals surface area contributed by atoms with E-state index in [0.717, 1.165) is 12.1 Å². The van der Waals surface area contributed by atoms with Gasteiger partial charge in [0.25, 0.3) is 0 Å². The van der Waals surface area contributed by atoms with E-state index in [-0.39, 0.29) is 5.82 Å². The number of nitrogens with zero attached hydrogens (tertiary/aromatic N) is 1. The molecule has 1 aliphatic carbocycles. The van der Waals surface area contributed by atoms with E-state index in [1.807, 2.05) is 12.1 Å². The van der Waals surface area contributed by atoms with Crippen LogP contribution in [0.25, 0.3) is 0 Å². The van der Waals surface area contributed by atoms with Crippen LogP contribution in [-0.4, -0.2) is 26.3 Å². The van der Waals surface area contributed by atoms with Crippen molar-refractivity contribution >= 4 is 21.6 Å². The number of hydrogen-bond acceptors (Lipinski definition) is 2. The zero-order chi connectivity index (χ0) is 13.8. The molecule has 19 heavy (non-hydrogen) atoms. The summed E-state index contributed by atoms with van der Waals surface area (Å²) in [5.74, 6) is 0.563. The van der Waals surface area contributed by atoms with Crippen LogP contribution in [0.5, 0.6) is 0 Å². The number of ether oxygens (including phenoxy) is 1. The molecule has 0 N–H and O–H groups in total. The van der Waals surface area contributed by atoms with Gasteiger partial charge in [-0.3, -0.25) is 0 Å². The summed E-state index contributed by atoms with van der Waals surface area (Å²) >= 11 is 3.36. The zero-order valence-corrected chi connectivity index (χ0v) is 13.1. The van der Waals surface area contributed by atoms with Crippen LogP contribution < -0.4 is 4.90 Å². The molecule has 1 atom stereocenters. The van der Waals surface area contributed by atoms with Gasteiger partial charge in [0.1, 0.15) is 5.82 Å². The molecule has 0 radical (unpaired) electrons. The summed E-state index contributed by atoms with van der Waals surface area (Å²) in [5.41, 5.74) is 1.66. The lowest BCUT2D eigenvalue weighted by molar-refractivity contribution is 0.202. The van der Waals surface area contributed by atoms with E-state index < -0.39 is 0 Å². The van der Waals surface area contributed by atoms with Gasteiger partial charge in [-0.1, -0.05) is 22.0 Å². The molecule has 0 amide bonds. The minimum Gasteiger partial charge on any atom is -0.383 e. The van der Waals surface area contributed by atoms with Crippen molar-refractivity contribution in [3.05, 3.63) is 29.6 Å². The summed E-state index contributed by atoms with van der Waals surface area (Å²) in [4.78, 5) is 2.15. The Hall–Kier alpha value is -0.610. The molecule has 0 bridgehead atoms. The SMILES string of the molecule is COCCN(c1ccc(CBr)cc1F)C(C)C1CC1. The van der Waals surface area contributed by atoms with Gasteiger partial charge < -0.3 is 9.64 Å². The number of hydrogen-bond donors (Lipinski definition) is 0. The second-order valence-corrected chi connectivity index (χ2v) is 5.74. The molecule has 1 fully saturated rings. The predicted molar refractivity (Wildman–Crippen MR) is 80.4 cm³/mol. The first-order chi connectivity index (χ1) is 9.17. The fraction of sp³-hybridized carbons (Fsp3) is 0.600. The van der Waals surface area contributed by atoms with Crippen molar-refractivity contribution in [1.82, 2.24) is 0 Å². The van der Waals surface area contributed by atoms with E-state index in [1.165, 1.54) is 12.8 Å². The average Bonchev–Trinajstić information content (AvgIpc) is 3.24. The van der Waals surface area contributed by atoms with Crippen LogP contribution in [0, 0.1) is 11.7 Å². The third-order valence-electron chi connectivity index (χ3n) is 3.81. The number of rotatable bonds is 7. The third-order valence-corrected chi connectivity index (χ3v) is 4.46. The van der Waals surface area contributed by atoms with Crippen LogP contribution in [0.3, 0.4) is 0 Å². The Labute approximate surface area is 123 Å². The van der Waals surface area contributed by atoms with E-state index in [1.54, 1.807) is 13.2 Å². The molecular formula is C15H21BrFNO. The summed E-state index contributed by atoms with van der Waals surface area (Å²) in [6.07, 6.45) is 2.51. The molecule has 0 saturated heterocycles. The second-order valence-electron chi connectivity index (χ2n) is 5.18. The normalized spacial score (nSPS) is 16.4. The molecular weight excluding hydrogens is 309 g/mol. The smallest absolute Gasteiger partial charge is 0.146 e. The summed E-state index contributed by atoms with van der Waals surface area (Å²) in [7, 11) is 1.68. The molecule has 0 aliphatic heterocycles. The highest BCUT2D eigenvalue weighted by atomic mass is 79.9. The molecule has 1 aliphatic rings. The van der Waals surface area contributed by atoms with Crippen molar-refractivity contribution in [3.63, 3.8) is 0 Å². The van der Waals surface area contributed by atoms with Crippen LogP contribution in [0.15, 0.2) is 18.2 Å². The molecule has 2 nitrogen and oxygen atoms in total. The van der Waals surface area contributed by atoms with E-state index >= 15 is 0 Å². The summed E-state index contributed by atoms with van der Waals surface area (Å²) in [6, 6.07) is 5.86. The van der Waals surface area contributed by atoms with Crippen LogP contribution in [0.1, 0.15) is 25.3 Å². The van der Waals surface area contributed by atoms with Crippen LogP contribution in [0.4, 0.5) is 10.1 Å². The van der Waals surface area contributed by atoms with Gasteiger partial charge in [-0.25, -0.2) is 4.39 Å². The molecule has 1 saturated carbocycles. The number of benzene rings is 1. The lowest BCUT2D eigenvalue weighted by Crippen LogP contribution is -2.37. The van der Waals surface area contributed by atoms with E-state index in [0.29, 0.717) is 29.6 Å². The van der Waals surface area contributed by atoms with Gasteiger partial charge in [0.05, 0.1) is 12.3 Å². The Kier molecular flexibility index (Phi) is 5.22. The highest BCUT2D eigenvalue weighted by Gasteiger charge is 2.32. The Balaban J connectivity index is 2.20. The lowest BCUT2D eigenvalue weighted by Gasteiger charge is -2.31. The molecule has 1 unspecified atom stereocenters. The highest BCUT2D eigenvalue weighted by Crippen LogP contribution is 2.37. The van der Waals surface area contributed by atoms with Gasteiger partial charge in [-0.2, -0.15) is 0 Å². The summed E-state index contributed by atoms with van der Waals surface area (Å²) in [5, 5.41) is 0.681. The van der Waals surface area contributed by atoms with E-state index in [4.69, 9.17) is 4.74 Å². The second kappa shape index (κ2) is 6.71. The molecule has 0 heterocycles. The number of halogens is 2. The Morgan fingerprint density at radius 1 is 1.47 bits per heavy atom. The van der Waals surface area contributed by atoms with Crippen molar-refractivity contribution in [3.8, 4) is 0 Å². The monoisotopic (exact) mass is 329 g/mol. The third kappa shape index (κ3) is 3.69. The standard InChI is InChI=1S/C15H21BrFNO/c1-11(13-4-5-13)18(7-8-19-2)15-6-3-12(10-16)9-14(15)17/h3,6,9,11,13H,4-5,7-8,10H2,1-2H3. The highest BCUT2D eigenvalue weighted by molar-refractivity contribution is 9.08. The molecule has 4 heteroatoms. The van der Waals surface area contributed by atoms with Gasteiger partial charge in [0.15, 0.2) is 0 Å². The van der Waals surface area contributed by atoms with E-state index in [9.17, 15) is 4.39 Å². The van der Waals surface area contributed by atoms with Crippen LogP contribution in [0.2, 0.25) is 0 Å². The van der Waals surface area contributed by atoms with Gasteiger partial charge in [0.2, 0.25) is 0 Å². The maximum atomic E-state index is 14.3. The quantitative estimate of drug-likeness (QED) is 0.702. The topological polar surface area (TPSA) is 12.5 Å². The minimum absolute atomic E-state index is 0.138. The predicted octanol–water partition coefficient (Wildman–Crippen LogP) is 3.97. The van der Waals surface area contributed by atoms with Crippen molar-refractivity contribution in [2.45, 2.75) is 31.1 Å². The van der Waals surface area contributed by atoms with Crippen LogP contribution >= 0.6 is 15.9 Å². The van der Waals surface area contributed by atoms with Crippen molar-refractivity contribution < 1.29 is 9.13 Å². The van der Waals surface area contributed by atoms with Gasteiger partial charge in [0, 0.05) is 25.0 Å². The van der Waals surface area contributed by atoms with Crippen molar-refractivity contribution in [2.75, 3.05) is 25.2 Å². The molecule has 0 aromatic heterocycles. The molecule has 0 spiro atoms. The Morgan fingerprint density at radius 3 is 2.74 bits per heavy atom. The van der Waals surface area contributed by atoms with Crippen LogP contribution in [-0.2, 0) is 10.1 Å².